The summed E-state index contributed by atoms with van der Waals surface area (Å²) in [4.78, 5) is 15.5. The molecule has 106 valence electrons. The fourth-order valence-corrected chi connectivity index (χ4v) is 2.81. The van der Waals surface area contributed by atoms with Crippen molar-refractivity contribution in [3.63, 3.8) is 0 Å². The van der Waals surface area contributed by atoms with E-state index >= 15 is 0 Å². The minimum Gasteiger partial charge on any atom is -0.406 e. The average molecular weight is 274 g/mol. The molecule has 2 aromatic rings. The Labute approximate surface area is 116 Å². The molecule has 1 saturated carbocycles. The zero-order valence-corrected chi connectivity index (χ0v) is 11.2. The lowest BCUT2D eigenvalue weighted by Gasteiger charge is -2.24. The lowest BCUT2D eigenvalue weighted by molar-refractivity contribution is 0.211. The molecule has 20 heavy (non-hydrogen) atoms. The summed E-state index contributed by atoms with van der Waals surface area (Å²) in [5, 5.41) is 0. The van der Waals surface area contributed by atoms with Gasteiger partial charge in [0.15, 0.2) is 11.4 Å². The van der Waals surface area contributed by atoms with E-state index in [1.807, 2.05) is 16.8 Å². The number of aromatic nitrogens is 2. The van der Waals surface area contributed by atoms with Gasteiger partial charge in [0.05, 0.1) is 5.69 Å². The van der Waals surface area contributed by atoms with Crippen molar-refractivity contribution >= 4 is 11.7 Å². The highest BCUT2D eigenvalue weighted by Gasteiger charge is 2.22. The molecule has 1 amide bonds. The fraction of sp³-hybridized carbons (Fsp3) is 0.429. The molecule has 0 aromatic carbocycles. The summed E-state index contributed by atoms with van der Waals surface area (Å²) < 4.78 is 6.84. The molecule has 3 rings (SSSR count). The number of pyridine rings is 1. The fourth-order valence-electron chi connectivity index (χ4n) is 2.81. The molecule has 0 unspecified atom stereocenters. The summed E-state index contributed by atoms with van der Waals surface area (Å²) in [6, 6.07) is 3.80. The molecule has 0 bridgehead atoms. The average Bonchev–Trinajstić information content (AvgIpc) is 2.84. The van der Waals surface area contributed by atoms with Crippen LogP contribution >= 0.6 is 0 Å². The van der Waals surface area contributed by atoms with E-state index in [0.717, 1.165) is 31.4 Å². The number of nitrogens with two attached hydrogens (primary N) is 2. The first-order valence-corrected chi connectivity index (χ1v) is 6.84. The highest BCUT2D eigenvalue weighted by Crippen LogP contribution is 2.32. The minimum absolute atomic E-state index is 0.317. The van der Waals surface area contributed by atoms with Crippen molar-refractivity contribution in [3.05, 3.63) is 30.2 Å². The Hall–Kier alpha value is -2.08. The van der Waals surface area contributed by atoms with Gasteiger partial charge in [-0.25, -0.2) is 9.78 Å². The number of imidazole rings is 1. The topological polar surface area (TPSA) is 95.6 Å². The predicted molar refractivity (Wildman–Crippen MR) is 74.6 cm³/mol. The van der Waals surface area contributed by atoms with Crippen LogP contribution in [0.25, 0.3) is 5.65 Å². The zero-order chi connectivity index (χ0) is 14.1. The van der Waals surface area contributed by atoms with E-state index < -0.39 is 6.09 Å². The van der Waals surface area contributed by atoms with Gasteiger partial charge in [0.1, 0.15) is 0 Å². The first-order chi connectivity index (χ1) is 9.63. The maximum Gasteiger partial charge on any atom is 0.410 e. The highest BCUT2D eigenvalue weighted by atomic mass is 16.5. The number of carbonyl (C=O) groups is 1. The second kappa shape index (κ2) is 5.13. The Balaban J connectivity index is 1.92. The molecule has 6 heteroatoms. The standard InChI is InChI=1S/C14H18N4O2/c15-10-5-3-9(4-6-10)11-8-18-7-1-2-12(13(18)17-11)20-14(16)19/h1-2,7-10H,3-6,15H2,(H2,16,19)/t9-,10+. The molecule has 6 nitrogen and oxygen atoms in total. The van der Waals surface area contributed by atoms with E-state index in [1.165, 1.54) is 0 Å². The lowest BCUT2D eigenvalue weighted by Crippen LogP contribution is -2.25. The van der Waals surface area contributed by atoms with Gasteiger partial charge in [0, 0.05) is 24.4 Å². The van der Waals surface area contributed by atoms with Gasteiger partial charge >= 0.3 is 6.09 Å². The van der Waals surface area contributed by atoms with E-state index in [4.69, 9.17) is 16.2 Å². The molecule has 1 aliphatic carbocycles. The third-order valence-electron chi connectivity index (χ3n) is 3.87. The molecule has 0 saturated heterocycles. The Morgan fingerprint density at radius 1 is 1.35 bits per heavy atom. The van der Waals surface area contributed by atoms with Crippen LogP contribution in [-0.2, 0) is 0 Å². The van der Waals surface area contributed by atoms with Crippen molar-refractivity contribution in [1.82, 2.24) is 9.38 Å². The number of ether oxygens (including phenoxy) is 1. The zero-order valence-electron chi connectivity index (χ0n) is 11.2. The summed E-state index contributed by atoms with van der Waals surface area (Å²) in [6.45, 7) is 0. The van der Waals surface area contributed by atoms with Crippen LogP contribution in [-0.4, -0.2) is 21.5 Å². The maximum atomic E-state index is 10.9. The van der Waals surface area contributed by atoms with E-state index in [2.05, 4.69) is 4.98 Å². The number of amides is 1. The van der Waals surface area contributed by atoms with Crippen molar-refractivity contribution < 1.29 is 9.53 Å². The summed E-state index contributed by atoms with van der Waals surface area (Å²) in [6.07, 6.45) is 7.21. The number of hydrogen-bond donors (Lipinski definition) is 2. The molecule has 1 fully saturated rings. The molecule has 0 spiro atoms. The molecular formula is C14H18N4O2. The van der Waals surface area contributed by atoms with Crippen LogP contribution in [0, 0.1) is 0 Å². The van der Waals surface area contributed by atoms with Crippen molar-refractivity contribution in [2.45, 2.75) is 37.6 Å². The van der Waals surface area contributed by atoms with Gasteiger partial charge in [0.2, 0.25) is 0 Å². The Bertz CT molecular complexity index is 629. The molecule has 2 heterocycles. The van der Waals surface area contributed by atoms with E-state index in [1.54, 1.807) is 12.1 Å². The molecular weight excluding hydrogens is 256 g/mol. The van der Waals surface area contributed by atoms with Crippen molar-refractivity contribution in [2.24, 2.45) is 11.5 Å². The van der Waals surface area contributed by atoms with Gasteiger partial charge < -0.3 is 20.6 Å². The van der Waals surface area contributed by atoms with Crippen LogP contribution < -0.4 is 16.2 Å². The predicted octanol–water partition coefficient (Wildman–Crippen LogP) is 1.78. The third kappa shape index (κ3) is 2.46. The second-order valence-corrected chi connectivity index (χ2v) is 5.30. The molecule has 0 aliphatic heterocycles. The van der Waals surface area contributed by atoms with Crippen LogP contribution in [0.3, 0.4) is 0 Å². The summed E-state index contributed by atoms with van der Waals surface area (Å²) in [5.74, 6) is 0.815. The molecule has 0 atom stereocenters. The number of carbonyl (C=O) groups excluding carboxylic acids is 1. The normalized spacial score (nSPS) is 22.9. The van der Waals surface area contributed by atoms with Gasteiger partial charge in [-0.15, -0.1) is 0 Å². The maximum absolute atomic E-state index is 10.9. The highest BCUT2D eigenvalue weighted by molar-refractivity contribution is 5.71. The van der Waals surface area contributed by atoms with Gasteiger partial charge in [-0.05, 0) is 37.8 Å². The number of fused-ring (bicyclic) bond motifs is 1. The molecule has 4 N–H and O–H groups in total. The van der Waals surface area contributed by atoms with E-state index in [0.29, 0.717) is 23.4 Å². The Morgan fingerprint density at radius 3 is 2.80 bits per heavy atom. The van der Waals surface area contributed by atoms with Gasteiger partial charge in [0.25, 0.3) is 0 Å². The number of primary amides is 1. The molecule has 1 aliphatic rings. The van der Waals surface area contributed by atoms with Gasteiger partial charge in [-0.2, -0.15) is 0 Å². The van der Waals surface area contributed by atoms with E-state index in [9.17, 15) is 4.79 Å². The minimum atomic E-state index is -0.828. The quantitative estimate of drug-likeness (QED) is 0.872. The SMILES string of the molecule is NC(=O)Oc1cccn2cc([C@H]3CC[C@@H](N)CC3)nc12. The second-order valence-electron chi connectivity index (χ2n) is 5.30. The van der Waals surface area contributed by atoms with Crippen LogP contribution in [0.15, 0.2) is 24.5 Å². The number of hydrogen-bond acceptors (Lipinski definition) is 4. The third-order valence-corrected chi connectivity index (χ3v) is 3.87. The smallest absolute Gasteiger partial charge is 0.406 e. The Morgan fingerprint density at radius 2 is 2.10 bits per heavy atom. The lowest BCUT2D eigenvalue weighted by atomic mass is 9.85. The first kappa shape index (κ1) is 12.9. The van der Waals surface area contributed by atoms with Gasteiger partial charge in [-0.3, -0.25) is 0 Å². The Kier molecular flexibility index (Phi) is 3.31. The molecule has 0 radical (unpaired) electrons. The monoisotopic (exact) mass is 274 g/mol. The van der Waals surface area contributed by atoms with Crippen LogP contribution in [0.2, 0.25) is 0 Å². The van der Waals surface area contributed by atoms with Crippen molar-refractivity contribution in [1.29, 1.82) is 0 Å². The first-order valence-electron chi connectivity index (χ1n) is 6.84. The van der Waals surface area contributed by atoms with Crippen molar-refractivity contribution in [3.8, 4) is 5.75 Å². The number of rotatable bonds is 2. The largest absolute Gasteiger partial charge is 0.410 e. The van der Waals surface area contributed by atoms with Crippen molar-refractivity contribution in [2.75, 3.05) is 0 Å². The summed E-state index contributed by atoms with van der Waals surface area (Å²) >= 11 is 0. The van der Waals surface area contributed by atoms with Crippen LogP contribution in [0.5, 0.6) is 5.75 Å². The van der Waals surface area contributed by atoms with Gasteiger partial charge in [-0.1, -0.05) is 0 Å². The summed E-state index contributed by atoms with van der Waals surface area (Å²) in [7, 11) is 0. The summed E-state index contributed by atoms with van der Waals surface area (Å²) in [5.41, 5.74) is 12.6. The van der Waals surface area contributed by atoms with Crippen LogP contribution in [0.4, 0.5) is 4.79 Å². The number of nitrogens with zero attached hydrogens (tertiary/aromatic N) is 2. The van der Waals surface area contributed by atoms with E-state index in [-0.39, 0.29) is 0 Å². The van der Waals surface area contributed by atoms with Crippen LogP contribution in [0.1, 0.15) is 37.3 Å². The molecule has 2 aromatic heterocycles.